The van der Waals surface area contributed by atoms with Gasteiger partial charge in [0, 0.05) is 32.9 Å². The van der Waals surface area contributed by atoms with E-state index in [4.69, 9.17) is 0 Å². The molecule has 0 saturated heterocycles. The zero-order chi connectivity index (χ0) is 32.2. The Morgan fingerprint density at radius 2 is 1.13 bits per heavy atom. The van der Waals surface area contributed by atoms with Crippen LogP contribution in [0.25, 0.3) is 55.0 Å². The first-order valence-corrected chi connectivity index (χ1v) is 16.3. The topological polar surface area (TPSA) is 9.86 Å². The number of fused-ring (bicyclic) bond motifs is 7. The molecule has 6 aromatic carbocycles. The second kappa shape index (κ2) is 13.3. The zero-order valence-corrected chi connectivity index (χ0v) is 26.9. The third-order valence-corrected chi connectivity index (χ3v) is 8.96. The van der Waals surface area contributed by atoms with Gasteiger partial charge in [0.1, 0.15) is 0 Å². The Bertz CT molecular complexity index is 2390. The number of aromatic nitrogens is 2. The van der Waals surface area contributed by atoms with Gasteiger partial charge in [-0.15, -0.1) is 0 Å². The lowest BCUT2D eigenvalue weighted by molar-refractivity contribution is 1.18. The lowest BCUT2D eigenvalue weighted by atomic mass is 9.42. The number of benzene rings is 6. The largest absolute Gasteiger partial charge is 0.309 e. The second-order valence-corrected chi connectivity index (χ2v) is 11.8. The van der Waals surface area contributed by atoms with Crippen molar-refractivity contribution >= 4 is 61.3 Å². The first kappa shape index (κ1) is 29.9. The molecule has 0 saturated carbocycles. The van der Waals surface area contributed by atoms with Crippen LogP contribution in [0.4, 0.5) is 0 Å². The number of hydrogen-bond acceptors (Lipinski definition) is 0. The molecule has 0 unspecified atom stereocenters. The summed E-state index contributed by atoms with van der Waals surface area (Å²) in [5, 5.41) is 5.11. The molecule has 0 amide bonds. The molecule has 0 radical (unpaired) electrons. The van der Waals surface area contributed by atoms with Crippen molar-refractivity contribution in [2.75, 3.05) is 0 Å². The molecule has 3 heteroatoms. The molecule has 47 heavy (non-hydrogen) atoms. The van der Waals surface area contributed by atoms with E-state index >= 15 is 0 Å². The van der Waals surface area contributed by atoms with E-state index in [1.165, 1.54) is 65.9 Å². The summed E-state index contributed by atoms with van der Waals surface area (Å²) in [5.41, 5.74) is 9.94. The number of para-hydroxylation sites is 3. The Balaban J connectivity index is 0.000000455. The minimum atomic E-state index is 0.307. The van der Waals surface area contributed by atoms with Gasteiger partial charge >= 0.3 is 0 Å². The van der Waals surface area contributed by atoms with Crippen LogP contribution in [-0.2, 0) is 0 Å². The van der Waals surface area contributed by atoms with Gasteiger partial charge in [-0.05, 0) is 49.4 Å². The van der Waals surface area contributed by atoms with Gasteiger partial charge in [0.25, 0.3) is 0 Å². The molecule has 0 atom stereocenters. The summed E-state index contributed by atoms with van der Waals surface area (Å²) in [6.45, 7) is 8.09. The quantitative estimate of drug-likeness (QED) is 0.132. The summed E-state index contributed by atoms with van der Waals surface area (Å²) in [6, 6.07) is 52.8. The van der Waals surface area contributed by atoms with Crippen LogP contribution in [-0.4, -0.2) is 15.8 Å². The van der Waals surface area contributed by atoms with Gasteiger partial charge < -0.3 is 9.13 Å². The SMILES string of the molecule is C=C/C=C\C=C/C.CB(c1ccccc1)c1cccc(-n2c3ccccc3c3c2ccc2c4ccccc4n(-c4ccccc4)c23)c1. The van der Waals surface area contributed by atoms with Crippen LogP contribution in [0.2, 0.25) is 6.82 Å². The fraction of sp³-hybridized carbons (Fsp3) is 0.0455. The van der Waals surface area contributed by atoms with Gasteiger partial charge in [0.05, 0.1) is 22.1 Å². The van der Waals surface area contributed by atoms with E-state index in [0.717, 1.165) is 0 Å². The lowest BCUT2D eigenvalue weighted by Crippen LogP contribution is -2.39. The number of hydrogen-bond donors (Lipinski definition) is 0. The molecule has 0 N–H and O–H groups in total. The van der Waals surface area contributed by atoms with Crippen molar-refractivity contribution in [1.29, 1.82) is 0 Å². The highest BCUT2D eigenvalue weighted by Gasteiger charge is 2.21. The van der Waals surface area contributed by atoms with Crippen molar-refractivity contribution in [1.82, 2.24) is 9.13 Å². The molecule has 8 rings (SSSR count). The standard InChI is InChI=1S/C37H27BN2.C7H10/c1-38(26-13-4-2-5-14-26)27-15-12-18-29(25-27)39-34-22-11-9-20-32(34)36-35(39)24-23-31-30-19-8-10-21-33(30)40(37(31)36)28-16-6-3-7-17-28;1-3-5-7-6-4-2/h2-25H,1H3;3-7H,1H2,2H3/b;6-4-,7-5-. The summed E-state index contributed by atoms with van der Waals surface area (Å²) in [4.78, 5) is 0. The highest BCUT2D eigenvalue weighted by atomic mass is 15.0. The van der Waals surface area contributed by atoms with E-state index < -0.39 is 0 Å². The summed E-state index contributed by atoms with van der Waals surface area (Å²) >= 11 is 0. The molecular formula is C44H37BN2. The predicted molar refractivity (Wildman–Crippen MR) is 207 cm³/mol. The molecule has 0 aliphatic carbocycles. The lowest BCUT2D eigenvalue weighted by Gasteiger charge is -2.13. The Morgan fingerprint density at radius 1 is 0.511 bits per heavy atom. The summed E-state index contributed by atoms with van der Waals surface area (Å²) in [6.07, 6.45) is 9.51. The van der Waals surface area contributed by atoms with Crippen molar-refractivity contribution in [3.63, 3.8) is 0 Å². The van der Waals surface area contributed by atoms with Gasteiger partial charge in [-0.1, -0.05) is 158 Å². The molecule has 0 bridgehead atoms. The van der Waals surface area contributed by atoms with E-state index in [1.807, 2.05) is 31.2 Å². The molecule has 226 valence electrons. The van der Waals surface area contributed by atoms with E-state index in [2.05, 4.69) is 168 Å². The summed E-state index contributed by atoms with van der Waals surface area (Å²) in [5.74, 6) is 0. The fourth-order valence-corrected chi connectivity index (χ4v) is 6.75. The maximum Gasteiger partial charge on any atom is 0.206 e. The predicted octanol–water partition coefficient (Wildman–Crippen LogP) is 10.4. The molecular weight excluding hydrogens is 567 g/mol. The summed E-state index contributed by atoms with van der Waals surface area (Å²) < 4.78 is 4.88. The maximum absolute atomic E-state index is 3.51. The van der Waals surface area contributed by atoms with Crippen LogP contribution in [0.1, 0.15) is 6.92 Å². The first-order valence-electron chi connectivity index (χ1n) is 16.3. The third-order valence-electron chi connectivity index (χ3n) is 8.96. The molecule has 0 aliphatic rings. The minimum Gasteiger partial charge on any atom is -0.309 e. The van der Waals surface area contributed by atoms with Crippen LogP contribution < -0.4 is 10.9 Å². The second-order valence-electron chi connectivity index (χ2n) is 11.8. The van der Waals surface area contributed by atoms with Crippen LogP contribution >= 0.6 is 0 Å². The van der Waals surface area contributed by atoms with Crippen molar-refractivity contribution < 1.29 is 0 Å². The van der Waals surface area contributed by atoms with Crippen LogP contribution in [0.3, 0.4) is 0 Å². The Kier molecular flexibility index (Phi) is 8.45. The minimum absolute atomic E-state index is 0.307. The highest BCUT2D eigenvalue weighted by molar-refractivity contribution is 6.84. The molecule has 2 aromatic heterocycles. The summed E-state index contributed by atoms with van der Waals surface area (Å²) in [7, 11) is 0. The average Bonchev–Trinajstić information content (AvgIpc) is 3.66. The van der Waals surface area contributed by atoms with Crippen molar-refractivity contribution in [3.05, 3.63) is 183 Å². The van der Waals surface area contributed by atoms with E-state index in [-0.39, 0.29) is 0 Å². The molecule has 2 heterocycles. The molecule has 2 nitrogen and oxygen atoms in total. The van der Waals surface area contributed by atoms with E-state index in [1.54, 1.807) is 6.08 Å². The van der Waals surface area contributed by atoms with Crippen molar-refractivity contribution in [3.8, 4) is 11.4 Å². The molecule has 0 fully saturated rings. The Morgan fingerprint density at radius 3 is 1.85 bits per heavy atom. The zero-order valence-electron chi connectivity index (χ0n) is 26.9. The van der Waals surface area contributed by atoms with Crippen molar-refractivity contribution in [2.24, 2.45) is 0 Å². The first-order chi connectivity index (χ1) is 23.2. The number of rotatable bonds is 6. The van der Waals surface area contributed by atoms with Gasteiger partial charge in [-0.25, -0.2) is 0 Å². The van der Waals surface area contributed by atoms with Crippen LogP contribution in [0.15, 0.2) is 183 Å². The molecule has 8 aromatic rings. The molecule has 0 aliphatic heterocycles. The average molecular weight is 605 g/mol. The molecule has 0 spiro atoms. The van der Waals surface area contributed by atoms with Gasteiger partial charge in [0.2, 0.25) is 6.71 Å². The van der Waals surface area contributed by atoms with E-state index in [0.29, 0.717) is 6.71 Å². The Hall–Kier alpha value is -5.80. The maximum atomic E-state index is 3.51. The fourth-order valence-electron chi connectivity index (χ4n) is 6.75. The number of allylic oxidation sites excluding steroid dienone is 5. The monoisotopic (exact) mass is 604 g/mol. The number of nitrogens with zero attached hydrogens (tertiary/aromatic N) is 2. The smallest absolute Gasteiger partial charge is 0.206 e. The van der Waals surface area contributed by atoms with Crippen LogP contribution in [0.5, 0.6) is 0 Å². The normalized spacial score (nSPS) is 11.5. The van der Waals surface area contributed by atoms with Crippen LogP contribution in [0, 0.1) is 0 Å². The van der Waals surface area contributed by atoms with Gasteiger partial charge in [-0.2, -0.15) is 0 Å². The Labute approximate surface area is 277 Å². The van der Waals surface area contributed by atoms with Gasteiger partial charge in [0.15, 0.2) is 0 Å². The van der Waals surface area contributed by atoms with Gasteiger partial charge in [-0.3, -0.25) is 0 Å². The van der Waals surface area contributed by atoms with E-state index in [9.17, 15) is 0 Å². The highest BCUT2D eigenvalue weighted by Crippen LogP contribution is 2.41. The van der Waals surface area contributed by atoms with Crippen molar-refractivity contribution in [2.45, 2.75) is 13.7 Å². The third kappa shape index (κ3) is 5.51.